The van der Waals surface area contributed by atoms with Gasteiger partial charge in [-0.05, 0) is 26.8 Å². The van der Waals surface area contributed by atoms with E-state index >= 15 is 0 Å². The smallest absolute Gasteiger partial charge is 0.410 e. The van der Waals surface area contributed by atoms with Crippen molar-refractivity contribution in [2.75, 3.05) is 26.2 Å². The average molecular weight is 363 g/mol. The van der Waals surface area contributed by atoms with E-state index < -0.39 is 5.60 Å². The maximum absolute atomic E-state index is 12.2. The molecule has 144 valence electrons. The SMILES string of the molecule is CC(C)(C)OC(=O)N1CCC(Oc2ccnc3c2C(CO)NCC3)CC1. The lowest BCUT2D eigenvalue weighted by atomic mass is 9.98. The molecule has 7 heteroatoms. The van der Waals surface area contributed by atoms with Gasteiger partial charge in [0.15, 0.2) is 0 Å². The molecule has 1 aromatic rings. The summed E-state index contributed by atoms with van der Waals surface area (Å²) >= 11 is 0. The summed E-state index contributed by atoms with van der Waals surface area (Å²) < 4.78 is 11.7. The van der Waals surface area contributed by atoms with Crippen LogP contribution in [0, 0.1) is 0 Å². The number of aromatic nitrogens is 1. The zero-order valence-corrected chi connectivity index (χ0v) is 15.8. The van der Waals surface area contributed by atoms with Gasteiger partial charge in [-0.1, -0.05) is 0 Å². The molecule has 2 aliphatic heterocycles. The first-order valence-corrected chi connectivity index (χ1v) is 9.34. The molecule has 1 amide bonds. The third-order valence-electron chi connectivity index (χ3n) is 4.70. The van der Waals surface area contributed by atoms with Gasteiger partial charge in [0.2, 0.25) is 0 Å². The van der Waals surface area contributed by atoms with Crippen LogP contribution < -0.4 is 10.1 Å². The Morgan fingerprint density at radius 3 is 2.77 bits per heavy atom. The number of nitrogens with zero attached hydrogens (tertiary/aromatic N) is 2. The average Bonchev–Trinajstić information content (AvgIpc) is 2.60. The Hall–Kier alpha value is -1.86. The number of pyridine rings is 1. The Morgan fingerprint density at radius 1 is 1.38 bits per heavy atom. The predicted octanol–water partition coefficient (Wildman–Crippen LogP) is 2.04. The number of aliphatic hydroxyl groups is 1. The molecule has 26 heavy (non-hydrogen) atoms. The van der Waals surface area contributed by atoms with Crippen LogP contribution in [-0.4, -0.2) is 59.0 Å². The Bertz CT molecular complexity index is 636. The molecule has 1 aromatic heterocycles. The van der Waals surface area contributed by atoms with Gasteiger partial charge in [-0.15, -0.1) is 0 Å². The molecule has 3 heterocycles. The summed E-state index contributed by atoms with van der Waals surface area (Å²) in [5, 5.41) is 13.0. The van der Waals surface area contributed by atoms with Gasteiger partial charge < -0.3 is 24.8 Å². The van der Waals surface area contributed by atoms with Crippen molar-refractivity contribution in [2.45, 2.75) is 57.8 Å². The second-order valence-corrected chi connectivity index (χ2v) is 7.89. The number of carbonyl (C=O) groups is 1. The Morgan fingerprint density at radius 2 is 2.12 bits per heavy atom. The number of aliphatic hydroxyl groups excluding tert-OH is 1. The number of amides is 1. The van der Waals surface area contributed by atoms with E-state index in [2.05, 4.69) is 10.3 Å². The number of piperidine rings is 1. The molecule has 2 aliphatic rings. The molecule has 0 spiro atoms. The van der Waals surface area contributed by atoms with Gasteiger partial charge in [-0.2, -0.15) is 0 Å². The van der Waals surface area contributed by atoms with Crippen molar-refractivity contribution in [3.8, 4) is 5.75 Å². The van der Waals surface area contributed by atoms with Gasteiger partial charge in [0.25, 0.3) is 0 Å². The molecule has 1 saturated heterocycles. The van der Waals surface area contributed by atoms with Crippen LogP contribution >= 0.6 is 0 Å². The van der Waals surface area contributed by atoms with E-state index in [9.17, 15) is 9.90 Å². The lowest BCUT2D eigenvalue weighted by Gasteiger charge is -2.34. The lowest BCUT2D eigenvalue weighted by Crippen LogP contribution is -2.44. The van der Waals surface area contributed by atoms with Crippen LogP contribution in [0.3, 0.4) is 0 Å². The molecule has 0 aliphatic carbocycles. The summed E-state index contributed by atoms with van der Waals surface area (Å²) in [4.78, 5) is 18.4. The van der Waals surface area contributed by atoms with Crippen LogP contribution in [0.15, 0.2) is 12.3 Å². The molecule has 1 unspecified atom stereocenters. The molecular formula is C19H29N3O4. The monoisotopic (exact) mass is 363 g/mol. The zero-order valence-electron chi connectivity index (χ0n) is 15.8. The summed E-state index contributed by atoms with van der Waals surface area (Å²) in [6.07, 6.45) is 3.90. The van der Waals surface area contributed by atoms with E-state index in [-0.39, 0.29) is 24.8 Å². The Balaban J connectivity index is 1.61. The van der Waals surface area contributed by atoms with Gasteiger partial charge in [-0.3, -0.25) is 4.98 Å². The first-order chi connectivity index (χ1) is 12.4. The predicted molar refractivity (Wildman–Crippen MR) is 97.2 cm³/mol. The van der Waals surface area contributed by atoms with Crippen molar-refractivity contribution in [2.24, 2.45) is 0 Å². The standard InChI is InChI=1S/C19H29N3O4/c1-19(2,3)26-18(24)22-10-6-13(7-11-22)25-16-5-9-20-14-4-8-21-15(12-23)17(14)16/h5,9,13,15,21,23H,4,6-8,10-12H2,1-3H3. The van der Waals surface area contributed by atoms with E-state index in [0.717, 1.165) is 42.8 Å². The number of hydrogen-bond acceptors (Lipinski definition) is 6. The van der Waals surface area contributed by atoms with E-state index in [1.54, 1.807) is 11.1 Å². The van der Waals surface area contributed by atoms with Crippen LogP contribution in [0.5, 0.6) is 5.75 Å². The Labute approximate surface area is 154 Å². The normalized spacial score (nSPS) is 21.2. The van der Waals surface area contributed by atoms with Crippen molar-refractivity contribution < 1.29 is 19.4 Å². The minimum absolute atomic E-state index is 0.0200. The lowest BCUT2D eigenvalue weighted by molar-refractivity contribution is 0.0125. The molecule has 0 saturated carbocycles. The minimum atomic E-state index is -0.479. The van der Waals surface area contributed by atoms with Crippen LogP contribution in [0.4, 0.5) is 4.79 Å². The number of fused-ring (bicyclic) bond motifs is 1. The third-order valence-corrected chi connectivity index (χ3v) is 4.70. The van der Waals surface area contributed by atoms with E-state index in [1.807, 2.05) is 26.8 Å². The fourth-order valence-electron chi connectivity index (χ4n) is 3.46. The maximum atomic E-state index is 12.2. The van der Waals surface area contributed by atoms with E-state index in [4.69, 9.17) is 9.47 Å². The van der Waals surface area contributed by atoms with Crippen molar-refractivity contribution in [3.05, 3.63) is 23.5 Å². The fourth-order valence-corrected chi connectivity index (χ4v) is 3.46. The second-order valence-electron chi connectivity index (χ2n) is 7.89. The largest absolute Gasteiger partial charge is 0.490 e. The van der Waals surface area contributed by atoms with Crippen LogP contribution in [0.1, 0.15) is 50.9 Å². The first kappa shape index (κ1) is 18.9. The molecule has 1 fully saturated rings. The van der Waals surface area contributed by atoms with Crippen molar-refractivity contribution in [1.82, 2.24) is 15.2 Å². The summed E-state index contributed by atoms with van der Waals surface area (Å²) in [5.74, 6) is 0.789. The van der Waals surface area contributed by atoms with Crippen LogP contribution in [0.2, 0.25) is 0 Å². The van der Waals surface area contributed by atoms with Gasteiger partial charge in [-0.25, -0.2) is 4.79 Å². The van der Waals surface area contributed by atoms with E-state index in [1.165, 1.54) is 0 Å². The molecule has 7 nitrogen and oxygen atoms in total. The number of rotatable bonds is 3. The number of likely N-dealkylation sites (tertiary alicyclic amines) is 1. The molecule has 2 N–H and O–H groups in total. The maximum Gasteiger partial charge on any atom is 0.410 e. The van der Waals surface area contributed by atoms with Gasteiger partial charge in [0.05, 0.1) is 18.3 Å². The number of carbonyl (C=O) groups excluding carboxylic acids is 1. The highest BCUT2D eigenvalue weighted by Crippen LogP contribution is 2.32. The summed E-state index contributed by atoms with van der Waals surface area (Å²) in [7, 11) is 0. The minimum Gasteiger partial charge on any atom is -0.490 e. The quantitative estimate of drug-likeness (QED) is 0.855. The fraction of sp³-hybridized carbons (Fsp3) is 0.684. The van der Waals surface area contributed by atoms with Crippen LogP contribution in [0.25, 0.3) is 0 Å². The zero-order chi connectivity index (χ0) is 18.7. The molecule has 0 bridgehead atoms. The van der Waals surface area contributed by atoms with Gasteiger partial charge in [0, 0.05) is 50.7 Å². The Kier molecular flexibility index (Phi) is 5.67. The molecule has 3 rings (SSSR count). The highest BCUT2D eigenvalue weighted by Gasteiger charge is 2.30. The number of nitrogens with one attached hydrogen (secondary N) is 1. The molecule has 0 aromatic carbocycles. The second kappa shape index (κ2) is 7.80. The topological polar surface area (TPSA) is 83.9 Å². The van der Waals surface area contributed by atoms with E-state index in [0.29, 0.717) is 13.1 Å². The van der Waals surface area contributed by atoms with Crippen molar-refractivity contribution in [1.29, 1.82) is 0 Å². The summed E-state index contributed by atoms with van der Waals surface area (Å²) in [5.41, 5.74) is 1.48. The van der Waals surface area contributed by atoms with Gasteiger partial charge in [0.1, 0.15) is 17.5 Å². The molecular weight excluding hydrogens is 334 g/mol. The summed E-state index contributed by atoms with van der Waals surface area (Å²) in [6, 6.07) is 1.73. The highest BCUT2D eigenvalue weighted by molar-refractivity contribution is 5.68. The molecule has 1 atom stereocenters. The third kappa shape index (κ3) is 4.45. The number of hydrogen-bond donors (Lipinski definition) is 2. The number of ether oxygens (including phenoxy) is 2. The van der Waals surface area contributed by atoms with Crippen LogP contribution in [-0.2, 0) is 11.2 Å². The first-order valence-electron chi connectivity index (χ1n) is 9.34. The van der Waals surface area contributed by atoms with Gasteiger partial charge >= 0.3 is 6.09 Å². The highest BCUT2D eigenvalue weighted by atomic mass is 16.6. The van der Waals surface area contributed by atoms with Crippen molar-refractivity contribution >= 4 is 6.09 Å². The van der Waals surface area contributed by atoms with Crippen molar-refractivity contribution in [3.63, 3.8) is 0 Å². The molecule has 0 radical (unpaired) electrons. The summed E-state index contributed by atoms with van der Waals surface area (Å²) in [6.45, 7) is 7.69.